The van der Waals surface area contributed by atoms with E-state index in [1.807, 2.05) is 0 Å². The molecule has 19 heteroatoms. The SMILES string of the molecule is CC(C)CCCCCCCCCCCCCCCCCCCCC(=O)OC[C@H](COP(=O)(O)OCC(O)COP(=O)(O)OC[C@@H](COC(=O)CCCCCCCCCC(C)C)OC(=O)CCCCCCCCCCCCCC(C)C)OC(=O)CCCCCCCCCCCCCCCCCCCCC(C)C. The number of hydrogen-bond acceptors (Lipinski definition) is 15. The Morgan fingerprint density at radius 3 is 0.585 bits per heavy atom. The van der Waals surface area contributed by atoms with Crippen LogP contribution < -0.4 is 0 Å². The normalized spacial score (nSPS) is 13.9. The van der Waals surface area contributed by atoms with Gasteiger partial charge in [-0.05, 0) is 49.4 Å². The number of esters is 4. The largest absolute Gasteiger partial charge is 0.472 e. The Morgan fingerprint density at radius 2 is 0.396 bits per heavy atom. The number of carbonyl (C=O) groups is 4. The van der Waals surface area contributed by atoms with Crippen LogP contribution in [0, 0.1) is 23.7 Å². The molecule has 3 unspecified atom stereocenters. The number of unbranched alkanes of at least 4 members (excludes halogenated alkanes) is 50. The van der Waals surface area contributed by atoms with Crippen LogP contribution in [0.3, 0.4) is 0 Å². The molecule has 0 fully saturated rings. The van der Waals surface area contributed by atoms with E-state index in [1.54, 1.807) is 0 Å². The molecule has 0 heterocycles. The van der Waals surface area contributed by atoms with E-state index in [0.717, 1.165) is 114 Å². The average molecular weight is 1550 g/mol. The molecule has 17 nitrogen and oxygen atoms in total. The highest BCUT2D eigenvalue weighted by Gasteiger charge is 2.31. The number of aliphatic hydroxyl groups is 1. The third-order valence-electron chi connectivity index (χ3n) is 20.3. The summed E-state index contributed by atoms with van der Waals surface area (Å²) in [4.78, 5) is 73.2. The molecule has 0 aliphatic heterocycles. The Hall–Kier alpha value is -1.94. The number of carbonyl (C=O) groups excluding carboxylic acids is 4. The number of rotatable bonds is 84. The van der Waals surface area contributed by atoms with E-state index in [9.17, 15) is 43.2 Å². The van der Waals surface area contributed by atoms with E-state index >= 15 is 0 Å². The molecular weight excluding hydrogens is 1380 g/mol. The van der Waals surface area contributed by atoms with Crippen LogP contribution in [0.2, 0.25) is 0 Å². The van der Waals surface area contributed by atoms with Gasteiger partial charge in [-0.3, -0.25) is 37.3 Å². The molecule has 0 rings (SSSR count). The van der Waals surface area contributed by atoms with E-state index in [4.69, 9.17) is 37.0 Å². The first kappa shape index (κ1) is 104. The van der Waals surface area contributed by atoms with Gasteiger partial charge in [0.25, 0.3) is 0 Å². The maximum Gasteiger partial charge on any atom is 0.472 e. The van der Waals surface area contributed by atoms with E-state index in [1.165, 1.54) is 250 Å². The molecule has 0 aromatic carbocycles. The summed E-state index contributed by atoms with van der Waals surface area (Å²) in [5.74, 6) is 1.01. The van der Waals surface area contributed by atoms with Crippen LogP contribution in [0.1, 0.15) is 453 Å². The average Bonchev–Trinajstić information content (AvgIpc) is 0.926. The van der Waals surface area contributed by atoms with Crippen molar-refractivity contribution < 1.29 is 80.2 Å². The molecule has 106 heavy (non-hydrogen) atoms. The maximum absolute atomic E-state index is 13.2. The quantitative estimate of drug-likeness (QED) is 0.0222. The summed E-state index contributed by atoms with van der Waals surface area (Å²) in [6, 6.07) is 0. The minimum atomic E-state index is -4.97. The predicted octanol–water partition coefficient (Wildman–Crippen LogP) is 26.3. The Labute approximate surface area is 651 Å². The van der Waals surface area contributed by atoms with Gasteiger partial charge in [-0.2, -0.15) is 0 Å². The number of hydrogen-bond donors (Lipinski definition) is 3. The first-order valence-corrected chi connectivity index (χ1v) is 47.7. The van der Waals surface area contributed by atoms with Gasteiger partial charge in [0.2, 0.25) is 0 Å². The highest BCUT2D eigenvalue weighted by atomic mass is 31.2. The molecule has 0 aromatic rings. The highest BCUT2D eigenvalue weighted by Crippen LogP contribution is 2.45. The fourth-order valence-corrected chi connectivity index (χ4v) is 15.1. The van der Waals surface area contributed by atoms with Crippen LogP contribution in [-0.4, -0.2) is 96.7 Å². The first-order valence-electron chi connectivity index (χ1n) is 44.7. The van der Waals surface area contributed by atoms with Crippen LogP contribution in [0.25, 0.3) is 0 Å². The monoisotopic (exact) mass is 1550 g/mol. The topological polar surface area (TPSA) is 237 Å². The molecule has 0 aliphatic rings. The Kier molecular flexibility index (Phi) is 74.3. The van der Waals surface area contributed by atoms with E-state index < -0.39 is 97.5 Å². The lowest BCUT2D eigenvalue weighted by Gasteiger charge is -2.21. The second kappa shape index (κ2) is 75.7. The lowest BCUT2D eigenvalue weighted by atomic mass is 10.0. The van der Waals surface area contributed by atoms with E-state index in [2.05, 4.69) is 55.4 Å². The number of ether oxygens (including phenoxy) is 4. The number of phosphoric ester groups is 2. The number of aliphatic hydroxyl groups excluding tert-OH is 1. The van der Waals surface area contributed by atoms with Gasteiger partial charge in [0.15, 0.2) is 12.2 Å². The van der Waals surface area contributed by atoms with Gasteiger partial charge in [-0.1, -0.05) is 402 Å². The molecule has 630 valence electrons. The minimum absolute atomic E-state index is 0.106. The summed E-state index contributed by atoms with van der Waals surface area (Å²) in [6.07, 6.45) is 65.5. The van der Waals surface area contributed by atoms with Crippen molar-refractivity contribution in [3.05, 3.63) is 0 Å². The van der Waals surface area contributed by atoms with Crippen molar-refractivity contribution in [3.63, 3.8) is 0 Å². The van der Waals surface area contributed by atoms with Crippen molar-refractivity contribution in [1.82, 2.24) is 0 Å². The van der Waals surface area contributed by atoms with Crippen LogP contribution in [0.15, 0.2) is 0 Å². The second-order valence-electron chi connectivity index (χ2n) is 33.2. The van der Waals surface area contributed by atoms with Crippen molar-refractivity contribution in [3.8, 4) is 0 Å². The Balaban J connectivity index is 5.21. The molecule has 0 amide bonds. The second-order valence-corrected chi connectivity index (χ2v) is 36.1. The standard InChI is InChI=1S/C87H170O17P2/c1-77(2)63-55-47-39-32-26-21-17-13-9-11-15-19-23-29-35-43-51-59-67-84(89)97-73-82(103-86(91)69-61-53-44-36-30-24-20-16-12-10-14-18-22-27-33-40-48-56-64-78(3)4)75-101-105(93,94)99-71-81(88)72-100-106(95,96)102-76-83(74-98-85(90)68-60-52-46-38-42-50-58-66-80(7)8)104-87(92)70-62-54-45-37-31-25-28-34-41-49-57-65-79(5)6/h77-83,88H,9-76H2,1-8H3,(H,93,94)(H,95,96)/t81?,82-,83-/m1/s1. The van der Waals surface area contributed by atoms with Gasteiger partial charge in [0.1, 0.15) is 19.3 Å². The molecule has 0 aliphatic carbocycles. The van der Waals surface area contributed by atoms with E-state index in [0.29, 0.717) is 31.6 Å². The molecule has 0 spiro atoms. The zero-order valence-electron chi connectivity index (χ0n) is 70.1. The molecule has 5 atom stereocenters. The van der Waals surface area contributed by atoms with Gasteiger partial charge < -0.3 is 33.8 Å². The molecule has 0 radical (unpaired) electrons. The summed E-state index contributed by atoms with van der Waals surface area (Å²) >= 11 is 0. The van der Waals surface area contributed by atoms with Crippen molar-refractivity contribution in [2.24, 2.45) is 23.7 Å². The Bertz CT molecular complexity index is 2060. The van der Waals surface area contributed by atoms with Gasteiger partial charge >= 0.3 is 39.5 Å². The van der Waals surface area contributed by atoms with Crippen LogP contribution >= 0.6 is 15.6 Å². The van der Waals surface area contributed by atoms with Crippen molar-refractivity contribution >= 4 is 39.5 Å². The molecule has 3 N–H and O–H groups in total. The zero-order chi connectivity index (χ0) is 78.1. The third kappa shape index (κ3) is 80.1. The Morgan fingerprint density at radius 1 is 0.236 bits per heavy atom. The molecule has 0 aromatic heterocycles. The number of phosphoric acid groups is 2. The fourth-order valence-electron chi connectivity index (χ4n) is 13.5. The van der Waals surface area contributed by atoms with Crippen LogP contribution in [0.4, 0.5) is 0 Å². The summed E-state index contributed by atoms with van der Waals surface area (Å²) in [5.41, 5.74) is 0. The van der Waals surface area contributed by atoms with Gasteiger partial charge in [0.05, 0.1) is 26.4 Å². The fraction of sp³-hybridized carbons (Fsp3) is 0.954. The zero-order valence-corrected chi connectivity index (χ0v) is 71.9. The van der Waals surface area contributed by atoms with E-state index in [-0.39, 0.29) is 25.7 Å². The smallest absolute Gasteiger partial charge is 0.462 e. The van der Waals surface area contributed by atoms with Gasteiger partial charge in [0, 0.05) is 25.7 Å². The van der Waals surface area contributed by atoms with Crippen LogP contribution in [-0.2, 0) is 65.4 Å². The third-order valence-corrected chi connectivity index (χ3v) is 22.2. The van der Waals surface area contributed by atoms with Crippen molar-refractivity contribution in [2.75, 3.05) is 39.6 Å². The lowest BCUT2D eigenvalue weighted by Crippen LogP contribution is -2.30. The summed E-state index contributed by atoms with van der Waals surface area (Å²) in [6.45, 7) is 14.3. The molecule has 0 saturated carbocycles. The van der Waals surface area contributed by atoms with Crippen molar-refractivity contribution in [1.29, 1.82) is 0 Å². The predicted molar refractivity (Wildman–Crippen MR) is 437 cm³/mol. The van der Waals surface area contributed by atoms with Gasteiger partial charge in [-0.15, -0.1) is 0 Å². The summed E-state index contributed by atoms with van der Waals surface area (Å²) in [7, 11) is -9.93. The molecule has 0 saturated heterocycles. The first-order chi connectivity index (χ1) is 51.1. The van der Waals surface area contributed by atoms with Gasteiger partial charge in [-0.25, -0.2) is 9.13 Å². The highest BCUT2D eigenvalue weighted by molar-refractivity contribution is 7.47. The summed E-state index contributed by atoms with van der Waals surface area (Å²) in [5, 5.41) is 10.7. The molecular formula is C87H170O17P2. The minimum Gasteiger partial charge on any atom is -0.462 e. The summed E-state index contributed by atoms with van der Waals surface area (Å²) < 4.78 is 68.9. The lowest BCUT2D eigenvalue weighted by molar-refractivity contribution is -0.161. The maximum atomic E-state index is 13.2. The molecule has 0 bridgehead atoms. The van der Waals surface area contributed by atoms with Crippen LogP contribution in [0.5, 0.6) is 0 Å². The van der Waals surface area contributed by atoms with Crippen molar-refractivity contribution in [2.45, 2.75) is 472 Å².